The number of thioether (sulfide) groups is 1. The van der Waals surface area contributed by atoms with Gasteiger partial charge in [-0.3, -0.25) is 0 Å². The molecule has 3 aromatic rings. The van der Waals surface area contributed by atoms with Crippen molar-refractivity contribution in [1.29, 1.82) is 5.26 Å². The molecular formula is C24H26N4O4S2. The van der Waals surface area contributed by atoms with Gasteiger partial charge in [-0.2, -0.15) is 9.57 Å². The number of hydrogen-bond donors (Lipinski definition) is 0. The smallest absolute Gasteiger partial charge is 0.243 e. The third-order valence-corrected chi connectivity index (χ3v) is 9.07. The molecule has 2 aromatic carbocycles. The average Bonchev–Trinajstić information content (AvgIpc) is 3.51. The largest absolute Gasteiger partial charge is 0.379 e. The highest BCUT2D eigenvalue weighted by molar-refractivity contribution is 7.98. The van der Waals surface area contributed by atoms with Crippen molar-refractivity contribution in [2.75, 3.05) is 32.9 Å². The van der Waals surface area contributed by atoms with Crippen molar-refractivity contribution in [3.8, 4) is 6.07 Å². The van der Waals surface area contributed by atoms with Crippen LogP contribution in [0.2, 0.25) is 0 Å². The molecule has 0 spiro atoms. The Morgan fingerprint density at radius 3 is 2.76 bits per heavy atom. The first kappa shape index (κ1) is 23.3. The highest BCUT2D eigenvalue weighted by Crippen LogP contribution is 2.31. The number of aromatic nitrogens is 2. The van der Waals surface area contributed by atoms with Gasteiger partial charge in [-0.1, -0.05) is 23.9 Å². The Bertz CT molecular complexity index is 1320. The van der Waals surface area contributed by atoms with Crippen molar-refractivity contribution in [2.24, 2.45) is 0 Å². The molecule has 8 nitrogen and oxygen atoms in total. The normalized spacial score (nSPS) is 19.4. The van der Waals surface area contributed by atoms with Gasteiger partial charge in [0.25, 0.3) is 0 Å². The molecule has 1 unspecified atom stereocenters. The van der Waals surface area contributed by atoms with Crippen LogP contribution in [0.3, 0.4) is 0 Å². The number of fused-ring (bicyclic) bond motifs is 1. The molecule has 10 heteroatoms. The van der Waals surface area contributed by atoms with Crippen LogP contribution in [0.25, 0.3) is 11.0 Å². The van der Waals surface area contributed by atoms with Gasteiger partial charge in [0.15, 0.2) is 5.16 Å². The molecule has 3 heterocycles. The predicted octanol–water partition coefficient (Wildman–Crippen LogP) is 3.40. The maximum Gasteiger partial charge on any atom is 0.243 e. The van der Waals surface area contributed by atoms with E-state index >= 15 is 0 Å². The van der Waals surface area contributed by atoms with Crippen molar-refractivity contribution in [1.82, 2.24) is 13.9 Å². The van der Waals surface area contributed by atoms with Gasteiger partial charge in [0.05, 0.1) is 53.4 Å². The zero-order chi connectivity index (χ0) is 23.5. The molecule has 2 saturated heterocycles. The number of nitriles is 1. The van der Waals surface area contributed by atoms with E-state index in [1.54, 1.807) is 30.0 Å². The van der Waals surface area contributed by atoms with E-state index in [9.17, 15) is 13.7 Å². The first-order valence-electron chi connectivity index (χ1n) is 11.4. The summed E-state index contributed by atoms with van der Waals surface area (Å²) in [6.45, 7) is 2.97. The van der Waals surface area contributed by atoms with Gasteiger partial charge in [0.1, 0.15) is 0 Å². The van der Waals surface area contributed by atoms with Crippen LogP contribution in [0.4, 0.5) is 0 Å². The molecule has 2 fully saturated rings. The van der Waals surface area contributed by atoms with Gasteiger partial charge in [0, 0.05) is 25.4 Å². The van der Waals surface area contributed by atoms with Crippen molar-refractivity contribution in [3.63, 3.8) is 0 Å². The molecule has 0 amide bonds. The summed E-state index contributed by atoms with van der Waals surface area (Å²) >= 11 is 1.58. The number of imidazole rings is 1. The standard InChI is InChI=1S/C24H26N4O4S2/c25-15-18-3-1-4-19(13-18)17-33-24-26-22-14-21(34(29,30)27-8-11-31-12-9-27)6-7-23(22)28(24)16-20-5-2-10-32-20/h1,3-4,6-7,13-14,20H,2,5,8-12,16-17H2. The number of nitrogens with zero attached hydrogens (tertiary/aromatic N) is 4. The summed E-state index contributed by atoms with van der Waals surface area (Å²) < 4.78 is 41.1. The van der Waals surface area contributed by atoms with Crippen LogP contribution in [-0.4, -0.2) is 61.3 Å². The Morgan fingerprint density at radius 1 is 1.15 bits per heavy atom. The van der Waals surface area contributed by atoms with Gasteiger partial charge in [-0.25, -0.2) is 13.4 Å². The first-order chi connectivity index (χ1) is 16.5. The second-order valence-corrected chi connectivity index (χ2v) is 11.3. The van der Waals surface area contributed by atoms with E-state index in [2.05, 4.69) is 10.6 Å². The third kappa shape index (κ3) is 4.85. The molecule has 0 bridgehead atoms. The zero-order valence-corrected chi connectivity index (χ0v) is 20.4. The summed E-state index contributed by atoms with van der Waals surface area (Å²) in [6.07, 6.45) is 2.16. The predicted molar refractivity (Wildman–Crippen MR) is 129 cm³/mol. The Kier molecular flexibility index (Phi) is 6.90. The molecule has 0 N–H and O–H groups in total. The fourth-order valence-electron chi connectivity index (χ4n) is 4.34. The monoisotopic (exact) mass is 498 g/mol. The lowest BCUT2D eigenvalue weighted by Crippen LogP contribution is -2.40. The molecule has 2 aliphatic heterocycles. The van der Waals surface area contributed by atoms with E-state index in [4.69, 9.17) is 14.5 Å². The summed E-state index contributed by atoms with van der Waals surface area (Å²) in [5.74, 6) is 0.656. The summed E-state index contributed by atoms with van der Waals surface area (Å²) in [5.41, 5.74) is 3.21. The molecular weight excluding hydrogens is 472 g/mol. The van der Waals surface area contributed by atoms with Gasteiger partial charge in [-0.05, 0) is 48.7 Å². The second kappa shape index (κ2) is 10.1. The molecule has 5 rings (SSSR count). The first-order valence-corrected chi connectivity index (χ1v) is 13.8. The molecule has 34 heavy (non-hydrogen) atoms. The number of morpholine rings is 1. The van der Waals surface area contributed by atoms with Crippen LogP contribution < -0.4 is 0 Å². The molecule has 2 aliphatic rings. The van der Waals surface area contributed by atoms with E-state index in [0.29, 0.717) is 49.7 Å². The molecule has 1 atom stereocenters. The summed E-state index contributed by atoms with van der Waals surface area (Å²) in [6, 6.07) is 14.9. The molecule has 0 aliphatic carbocycles. The lowest BCUT2D eigenvalue weighted by atomic mass is 10.2. The highest BCUT2D eigenvalue weighted by Gasteiger charge is 2.27. The zero-order valence-electron chi connectivity index (χ0n) is 18.7. The van der Waals surface area contributed by atoms with Crippen molar-refractivity contribution < 1.29 is 17.9 Å². The van der Waals surface area contributed by atoms with Crippen LogP contribution in [0.5, 0.6) is 0 Å². The summed E-state index contributed by atoms with van der Waals surface area (Å²) in [5, 5.41) is 10.00. The van der Waals surface area contributed by atoms with E-state index in [-0.39, 0.29) is 11.0 Å². The minimum Gasteiger partial charge on any atom is -0.379 e. The van der Waals surface area contributed by atoms with Crippen molar-refractivity contribution in [2.45, 2.75) is 41.3 Å². The maximum atomic E-state index is 13.2. The minimum atomic E-state index is -3.60. The van der Waals surface area contributed by atoms with E-state index < -0.39 is 10.0 Å². The molecule has 0 saturated carbocycles. The Balaban J connectivity index is 1.47. The molecule has 1 aromatic heterocycles. The topological polar surface area (TPSA) is 97.5 Å². The van der Waals surface area contributed by atoms with Crippen LogP contribution in [-0.2, 0) is 31.8 Å². The van der Waals surface area contributed by atoms with Crippen molar-refractivity contribution >= 4 is 32.8 Å². The number of ether oxygens (including phenoxy) is 2. The maximum absolute atomic E-state index is 13.2. The summed E-state index contributed by atoms with van der Waals surface area (Å²) in [4.78, 5) is 5.08. The summed E-state index contributed by atoms with van der Waals surface area (Å²) in [7, 11) is -3.60. The van der Waals surface area contributed by atoms with Crippen LogP contribution in [0, 0.1) is 11.3 Å². The average molecular weight is 499 g/mol. The van der Waals surface area contributed by atoms with Gasteiger partial charge >= 0.3 is 0 Å². The van der Waals surface area contributed by atoms with E-state index in [1.165, 1.54) is 4.31 Å². The molecule has 0 radical (unpaired) electrons. The third-order valence-electron chi connectivity index (χ3n) is 6.13. The molecule has 178 valence electrons. The quantitative estimate of drug-likeness (QED) is 0.461. The fourth-order valence-corrected chi connectivity index (χ4v) is 6.74. The number of rotatable bonds is 7. The van der Waals surface area contributed by atoms with Crippen molar-refractivity contribution in [3.05, 3.63) is 53.6 Å². The Morgan fingerprint density at radius 2 is 2.00 bits per heavy atom. The number of sulfonamides is 1. The lowest BCUT2D eigenvalue weighted by Gasteiger charge is -2.26. The fraction of sp³-hybridized carbons (Fsp3) is 0.417. The van der Waals surface area contributed by atoms with Crippen LogP contribution >= 0.6 is 11.8 Å². The lowest BCUT2D eigenvalue weighted by molar-refractivity contribution is 0.0730. The second-order valence-electron chi connectivity index (χ2n) is 8.41. The van der Waals surface area contributed by atoms with E-state index in [1.807, 2.05) is 24.3 Å². The van der Waals surface area contributed by atoms with Gasteiger partial charge in [0.2, 0.25) is 10.0 Å². The van der Waals surface area contributed by atoms with Crippen LogP contribution in [0.1, 0.15) is 24.0 Å². The minimum absolute atomic E-state index is 0.121. The highest BCUT2D eigenvalue weighted by atomic mass is 32.2. The van der Waals surface area contributed by atoms with Crippen LogP contribution in [0.15, 0.2) is 52.5 Å². The Labute approximate surface area is 203 Å². The van der Waals surface area contributed by atoms with Gasteiger partial charge < -0.3 is 14.0 Å². The Hall–Kier alpha value is -2.42. The number of hydrogen-bond acceptors (Lipinski definition) is 7. The number of benzene rings is 2. The van der Waals surface area contributed by atoms with Gasteiger partial charge in [-0.15, -0.1) is 0 Å². The van der Waals surface area contributed by atoms with E-state index in [0.717, 1.165) is 35.7 Å². The SMILES string of the molecule is N#Cc1cccc(CSc2nc3cc(S(=O)(=O)N4CCOCC4)ccc3n2CC2CCCO2)c1.